The number of methoxy groups -OCH3 is 1. The molecule has 1 saturated carbocycles. The van der Waals surface area contributed by atoms with Crippen molar-refractivity contribution in [2.45, 2.75) is 76.8 Å². The maximum absolute atomic E-state index is 6.47. The van der Waals surface area contributed by atoms with Crippen LogP contribution in [0, 0.1) is 0 Å². The van der Waals surface area contributed by atoms with Gasteiger partial charge in [-0.2, -0.15) is 5.10 Å². The fraction of sp³-hybridized carbons (Fsp3) is 0.545. The molecule has 2 atom stereocenters. The van der Waals surface area contributed by atoms with Crippen LogP contribution in [-0.2, 0) is 16.0 Å². The van der Waals surface area contributed by atoms with Gasteiger partial charge in [0.05, 0.1) is 49.7 Å². The molecule has 14 heteroatoms. The Morgan fingerprint density at radius 3 is 2.51 bits per heavy atom. The number of nitrogens with zero attached hydrogens (tertiary/aromatic N) is 8. The number of morpholine rings is 1. The summed E-state index contributed by atoms with van der Waals surface area (Å²) in [6, 6.07) is 6.57. The Morgan fingerprint density at radius 2 is 1.79 bits per heavy atom. The van der Waals surface area contributed by atoms with Crippen LogP contribution in [0.15, 0.2) is 49.4 Å². The van der Waals surface area contributed by atoms with Gasteiger partial charge >= 0.3 is 0 Å². The molecule has 1 aromatic carbocycles. The summed E-state index contributed by atoms with van der Waals surface area (Å²) < 4.78 is 27.0. The van der Waals surface area contributed by atoms with E-state index in [1.54, 1.807) is 30.5 Å². The first-order valence-electron chi connectivity index (χ1n) is 16.4. The maximum Gasteiger partial charge on any atom is 0.256 e. The molecular weight excluding hydrogens is 622 g/mol. The molecule has 0 spiro atoms. The van der Waals surface area contributed by atoms with E-state index in [0.717, 1.165) is 75.2 Å². The zero-order valence-electron chi connectivity index (χ0n) is 27.3. The number of benzene rings is 1. The Balaban J connectivity index is 1.12. The highest BCUT2D eigenvalue weighted by atomic mass is 35.5. The maximum atomic E-state index is 6.47. The van der Waals surface area contributed by atoms with Crippen LogP contribution < -0.4 is 14.8 Å². The zero-order valence-corrected chi connectivity index (χ0v) is 28.1. The van der Waals surface area contributed by atoms with Crippen LogP contribution in [0.5, 0.6) is 11.6 Å². The first kappa shape index (κ1) is 33.1. The average molecular weight is 666 g/mol. The highest BCUT2D eigenvalue weighted by Crippen LogP contribution is 2.35. The smallest absolute Gasteiger partial charge is 0.256 e. The number of aromatic nitrogens is 7. The van der Waals surface area contributed by atoms with Gasteiger partial charge in [-0.3, -0.25) is 9.58 Å². The second-order valence-corrected chi connectivity index (χ2v) is 12.6. The van der Waals surface area contributed by atoms with E-state index in [1.165, 1.54) is 6.33 Å². The predicted molar refractivity (Wildman–Crippen MR) is 178 cm³/mol. The molecule has 6 rings (SSSR count). The van der Waals surface area contributed by atoms with E-state index in [4.69, 9.17) is 35.6 Å². The van der Waals surface area contributed by atoms with Gasteiger partial charge < -0.3 is 24.3 Å². The first-order chi connectivity index (χ1) is 22.9. The molecule has 0 radical (unpaired) electrons. The summed E-state index contributed by atoms with van der Waals surface area (Å²) in [4.78, 5) is 15.8. The molecule has 1 N–H and O–H groups in total. The fourth-order valence-electron chi connectivity index (χ4n) is 6.10. The second kappa shape index (κ2) is 15.9. The average Bonchev–Trinajstić information content (AvgIpc) is 3.76. The molecule has 1 aliphatic heterocycles. The van der Waals surface area contributed by atoms with Crippen molar-refractivity contribution in [1.82, 2.24) is 39.4 Å². The highest BCUT2D eigenvalue weighted by molar-refractivity contribution is 6.32. The molecule has 2 fully saturated rings. The summed E-state index contributed by atoms with van der Waals surface area (Å²) in [5, 5.41) is 12.9. The molecule has 1 aliphatic carbocycles. The first-order valence-corrected chi connectivity index (χ1v) is 16.8. The number of ether oxygens (including phenoxy) is 4. The molecule has 2 unspecified atom stereocenters. The second-order valence-electron chi connectivity index (χ2n) is 12.2. The van der Waals surface area contributed by atoms with Gasteiger partial charge in [-0.1, -0.05) is 17.7 Å². The van der Waals surface area contributed by atoms with E-state index in [2.05, 4.69) is 34.9 Å². The third-order valence-corrected chi connectivity index (χ3v) is 9.18. The van der Waals surface area contributed by atoms with Crippen molar-refractivity contribution in [3.8, 4) is 22.8 Å². The Hall–Kier alpha value is -3.78. The highest BCUT2D eigenvalue weighted by Gasteiger charge is 2.29. The SMILES string of the molecule is COC(C)CCOc1nn(C2CCC(N3CCOCC3)CC2)cc1Nc1ncc(-c2ccc(Cl)c(OC(C)Cn3cncn3)c2)cn1. The van der Waals surface area contributed by atoms with Crippen molar-refractivity contribution in [2.24, 2.45) is 0 Å². The minimum Gasteiger partial charge on any atom is -0.487 e. The topological polar surface area (TPSA) is 127 Å². The number of hydrogen-bond donors (Lipinski definition) is 1. The molecule has 4 heterocycles. The zero-order chi connectivity index (χ0) is 32.6. The van der Waals surface area contributed by atoms with E-state index in [9.17, 15) is 0 Å². The standard InChI is InChI=1S/C33H44ClN9O4/c1-23(44-3)10-13-46-32-30(20-43(40-32)28-7-5-27(6-8-28)41-11-14-45-15-12-41)39-33-36-17-26(18-37-33)25-4-9-29(34)31(16-25)47-24(2)19-42-22-35-21-38-42/h4,9,16-18,20-24,27-28H,5-8,10-15,19H2,1-3H3,(H,36,37,39). The number of anilines is 2. The largest absolute Gasteiger partial charge is 0.487 e. The molecule has 47 heavy (non-hydrogen) atoms. The van der Waals surface area contributed by atoms with Crippen LogP contribution in [0.2, 0.25) is 5.02 Å². The lowest BCUT2D eigenvalue weighted by molar-refractivity contribution is 0.00502. The van der Waals surface area contributed by atoms with Crippen LogP contribution in [0.25, 0.3) is 11.1 Å². The van der Waals surface area contributed by atoms with Crippen molar-refractivity contribution in [1.29, 1.82) is 0 Å². The van der Waals surface area contributed by atoms with Gasteiger partial charge in [0, 0.05) is 50.6 Å². The van der Waals surface area contributed by atoms with Crippen molar-refractivity contribution >= 4 is 23.2 Å². The molecule has 2 aliphatic rings. The van der Waals surface area contributed by atoms with Crippen molar-refractivity contribution in [3.05, 3.63) is 54.5 Å². The molecule has 3 aromatic heterocycles. The number of halogens is 1. The Kier molecular flexibility index (Phi) is 11.2. The van der Waals surface area contributed by atoms with Crippen LogP contribution >= 0.6 is 11.6 Å². The van der Waals surface area contributed by atoms with Gasteiger partial charge in [0.2, 0.25) is 5.95 Å². The molecule has 0 bridgehead atoms. The molecular formula is C33H44ClN9O4. The summed E-state index contributed by atoms with van der Waals surface area (Å²) in [6.45, 7) is 8.74. The molecule has 252 valence electrons. The fourth-order valence-corrected chi connectivity index (χ4v) is 6.27. The minimum atomic E-state index is -0.165. The number of rotatable bonds is 14. The van der Waals surface area contributed by atoms with Crippen LogP contribution in [0.4, 0.5) is 11.6 Å². The van der Waals surface area contributed by atoms with Gasteiger partial charge in [-0.05, 0) is 57.2 Å². The van der Waals surface area contributed by atoms with Gasteiger partial charge in [0.25, 0.3) is 5.88 Å². The number of nitrogens with one attached hydrogen (secondary N) is 1. The van der Waals surface area contributed by atoms with Crippen molar-refractivity contribution in [3.63, 3.8) is 0 Å². The third-order valence-electron chi connectivity index (χ3n) is 8.87. The van der Waals surface area contributed by atoms with Gasteiger partial charge in [0.1, 0.15) is 30.2 Å². The number of hydrogen-bond acceptors (Lipinski definition) is 11. The summed E-state index contributed by atoms with van der Waals surface area (Å²) >= 11 is 6.47. The lowest BCUT2D eigenvalue weighted by Gasteiger charge is -2.38. The Labute approximate surface area is 280 Å². The molecule has 0 amide bonds. The monoisotopic (exact) mass is 665 g/mol. The Morgan fingerprint density at radius 1 is 1.02 bits per heavy atom. The summed E-state index contributed by atoms with van der Waals surface area (Å²) in [5.41, 5.74) is 2.46. The van der Waals surface area contributed by atoms with E-state index >= 15 is 0 Å². The lowest BCUT2D eigenvalue weighted by atomic mass is 9.90. The van der Waals surface area contributed by atoms with Crippen LogP contribution in [-0.4, -0.2) is 97.7 Å². The summed E-state index contributed by atoms with van der Waals surface area (Å²) in [7, 11) is 1.71. The van der Waals surface area contributed by atoms with E-state index < -0.39 is 0 Å². The van der Waals surface area contributed by atoms with E-state index in [-0.39, 0.29) is 12.2 Å². The van der Waals surface area contributed by atoms with Crippen molar-refractivity contribution < 1.29 is 18.9 Å². The molecule has 4 aromatic rings. The summed E-state index contributed by atoms with van der Waals surface area (Å²) in [6.07, 6.45) is 13.9. The van der Waals surface area contributed by atoms with Gasteiger partial charge in [-0.15, -0.1) is 5.10 Å². The van der Waals surface area contributed by atoms with E-state index in [0.29, 0.717) is 47.8 Å². The van der Waals surface area contributed by atoms with E-state index in [1.807, 2.05) is 38.2 Å². The van der Waals surface area contributed by atoms with Crippen molar-refractivity contribution in [2.75, 3.05) is 45.3 Å². The van der Waals surface area contributed by atoms with Gasteiger partial charge in [-0.25, -0.2) is 19.6 Å². The van der Waals surface area contributed by atoms with Gasteiger partial charge in [0.15, 0.2) is 0 Å². The van der Waals surface area contributed by atoms with Crippen LogP contribution in [0.1, 0.15) is 52.0 Å². The quantitative estimate of drug-likeness (QED) is 0.186. The lowest BCUT2D eigenvalue weighted by Crippen LogP contribution is -2.45. The van der Waals surface area contributed by atoms with Crippen LogP contribution in [0.3, 0.4) is 0 Å². The minimum absolute atomic E-state index is 0.0931. The Bertz CT molecular complexity index is 1540. The summed E-state index contributed by atoms with van der Waals surface area (Å²) in [5.74, 6) is 1.57. The third kappa shape index (κ3) is 8.78. The molecule has 13 nitrogen and oxygen atoms in total. The molecule has 1 saturated heterocycles. The normalized spacial score (nSPS) is 20.1. The predicted octanol–water partition coefficient (Wildman–Crippen LogP) is 5.42.